The quantitative estimate of drug-likeness (QED) is 0.476. The molecule has 1 aromatic carbocycles. The number of sulfonamides is 1. The van der Waals surface area contributed by atoms with Gasteiger partial charge in [-0.1, -0.05) is 6.07 Å². The van der Waals surface area contributed by atoms with Crippen LogP contribution in [0.15, 0.2) is 58.5 Å². The molecule has 116 valence electrons. The number of pyridine rings is 1. The number of amidine groups is 1. The normalized spacial score (nSPS) is 12.3. The lowest BCUT2D eigenvalue weighted by molar-refractivity contribution is 0.580. The largest absolute Gasteiger partial charge is 0.386 e. The fraction of sp³-hybridized carbons (Fsp3) is 0.143. The molecule has 2 rings (SSSR count). The molecule has 2 aromatic rings. The van der Waals surface area contributed by atoms with Crippen molar-refractivity contribution in [1.82, 2.24) is 9.71 Å². The standard InChI is InChI=1S/C14H15ClN4O2S/c15-9-14(16)19-11-4-6-13(7-5-11)22(20,21)18-10-12-3-1-2-8-17-12/h1-8,18H,9-10H2,(H2,16,19). The van der Waals surface area contributed by atoms with E-state index in [1.54, 1.807) is 36.5 Å². The Kier molecular flexibility index (Phi) is 5.48. The van der Waals surface area contributed by atoms with Gasteiger partial charge in [0.1, 0.15) is 5.84 Å². The van der Waals surface area contributed by atoms with Crippen molar-refractivity contribution >= 4 is 33.1 Å². The molecule has 0 radical (unpaired) electrons. The van der Waals surface area contributed by atoms with Crippen LogP contribution < -0.4 is 10.5 Å². The lowest BCUT2D eigenvalue weighted by Gasteiger charge is -2.06. The third-order valence-electron chi connectivity index (χ3n) is 2.73. The van der Waals surface area contributed by atoms with E-state index in [4.69, 9.17) is 17.3 Å². The van der Waals surface area contributed by atoms with E-state index in [1.807, 2.05) is 0 Å². The number of nitrogens with one attached hydrogen (secondary N) is 1. The van der Waals surface area contributed by atoms with Gasteiger partial charge in [0.25, 0.3) is 0 Å². The highest BCUT2D eigenvalue weighted by Gasteiger charge is 2.13. The number of nitrogens with two attached hydrogens (primary N) is 1. The van der Waals surface area contributed by atoms with Crippen molar-refractivity contribution in [3.05, 3.63) is 54.4 Å². The van der Waals surface area contributed by atoms with Crippen LogP contribution in [0.1, 0.15) is 5.69 Å². The zero-order chi connectivity index (χ0) is 16.0. The van der Waals surface area contributed by atoms with Gasteiger partial charge in [-0.25, -0.2) is 18.1 Å². The van der Waals surface area contributed by atoms with Crippen LogP contribution in [0, 0.1) is 0 Å². The van der Waals surface area contributed by atoms with Crippen LogP contribution in [0.4, 0.5) is 5.69 Å². The molecule has 0 atom stereocenters. The molecule has 0 amide bonds. The minimum Gasteiger partial charge on any atom is -0.386 e. The molecule has 22 heavy (non-hydrogen) atoms. The monoisotopic (exact) mass is 338 g/mol. The topological polar surface area (TPSA) is 97.4 Å². The molecule has 0 saturated carbocycles. The minimum atomic E-state index is -3.61. The first-order chi connectivity index (χ1) is 10.5. The van der Waals surface area contributed by atoms with Crippen molar-refractivity contribution in [3.63, 3.8) is 0 Å². The molecule has 1 aromatic heterocycles. The first-order valence-corrected chi connectivity index (χ1v) is 8.41. The van der Waals surface area contributed by atoms with Crippen molar-refractivity contribution in [2.24, 2.45) is 10.7 Å². The maximum absolute atomic E-state index is 12.2. The predicted molar refractivity (Wildman–Crippen MR) is 86.7 cm³/mol. The highest BCUT2D eigenvalue weighted by molar-refractivity contribution is 7.89. The SMILES string of the molecule is NC(CCl)=Nc1ccc(S(=O)(=O)NCc2ccccn2)cc1. The molecular weight excluding hydrogens is 324 g/mol. The molecule has 0 aliphatic heterocycles. The van der Waals surface area contributed by atoms with Gasteiger partial charge in [-0.3, -0.25) is 4.98 Å². The van der Waals surface area contributed by atoms with Crippen molar-refractivity contribution < 1.29 is 8.42 Å². The molecular formula is C14H15ClN4O2S. The molecule has 0 spiro atoms. The molecule has 0 aliphatic rings. The van der Waals surface area contributed by atoms with E-state index in [0.29, 0.717) is 11.4 Å². The Balaban J connectivity index is 2.09. The number of hydrogen-bond donors (Lipinski definition) is 2. The first kappa shape index (κ1) is 16.4. The second kappa shape index (κ2) is 7.35. The average molecular weight is 339 g/mol. The fourth-order valence-electron chi connectivity index (χ4n) is 1.65. The molecule has 1 heterocycles. The van der Waals surface area contributed by atoms with E-state index in [0.717, 1.165) is 0 Å². The number of rotatable bonds is 6. The average Bonchev–Trinajstić information content (AvgIpc) is 2.54. The highest BCUT2D eigenvalue weighted by atomic mass is 35.5. The summed E-state index contributed by atoms with van der Waals surface area (Å²) in [5.74, 6) is 0.386. The maximum Gasteiger partial charge on any atom is 0.240 e. The number of aromatic nitrogens is 1. The van der Waals surface area contributed by atoms with Gasteiger partial charge < -0.3 is 5.73 Å². The van der Waals surface area contributed by atoms with Crippen molar-refractivity contribution in [3.8, 4) is 0 Å². The van der Waals surface area contributed by atoms with Gasteiger partial charge in [0.15, 0.2) is 0 Å². The number of benzene rings is 1. The number of nitrogens with zero attached hydrogens (tertiary/aromatic N) is 2. The van der Waals surface area contributed by atoms with E-state index >= 15 is 0 Å². The van der Waals surface area contributed by atoms with Gasteiger partial charge >= 0.3 is 0 Å². The summed E-state index contributed by atoms with van der Waals surface area (Å²) in [6, 6.07) is 11.4. The van der Waals surface area contributed by atoms with Crippen molar-refractivity contribution in [1.29, 1.82) is 0 Å². The van der Waals surface area contributed by atoms with Crippen molar-refractivity contribution in [2.75, 3.05) is 5.88 Å². The molecule has 8 heteroatoms. The van der Waals surface area contributed by atoms with Gasteiger partial charge in [-0.15, -0.1) is 11.6 Å². The summed E-state index contributed by atoms with van der Waals surface area (Å²) in [5.41, 5.74) is 6.71. The molecule has 0 fully saturated rings. The Morgan fingerprint density at radius 3 is 2.55 bits per heavy atom. The fourth-order valence-corrected chi connectivity index (χ4v) is 2.71. The van der Waals surface area contributed by atoms with E-state index < -0.39 is 10.0 Å². The molecule has 0 saturated heterocycles. The number of aliphatic imine (C=N–C) groups is 1. The van der Waals surface area contributed by atoms with Crippen LogP contribution in [0.25, 0.3) is 0 Å². The summed E-state index contributed by atoms with van der Waals surface area (Å²) in [6.45, 7) is 0.127. The first-order valence-electron chi connectivity index (χ1n) is 6.40. The Morgan fingerprint density at radius 2 is 1.95 bits per heavy atom. The van der Waals surface area contributed by atoms with Gasteiger partial charge in [-0.2, -0.15) is 0 Å². The van der Waals surface area contributed by atoms with Crippen LogP contribution in [-0.4, -0.2) is 25.1 Å². The second-order valence-electron chi connectivity index (χ2n) is 4.38. The molecule has 0 unspecified atom stereocenters. The summed E-state index contributed by atoms with van der Waals surface area (Å²) in [5, 5.41) is 0. The summed E-state index contributed by atoms with van der Waals surface area (Å²) in [4.78, 5) is 8.24. The van der Waals surface area contributed by atoms with Gasteiger partial charge in [0.2, 0.25) is 10.0 Å². The van der Waals surface area contributed by atoms with Gasteiger partial charge in [0, 0.05) is 6.20 Å². The van der Waals surface area contributed by atoms with E-state index in [9.17, 15) is 8.42 Å². The van der Waals surface area contributed by atoms with Crippen LogP contribution in [0.2, 0.25) is 0 Å². The third-order valence-corrected chi connectivity index (χ3v) is 4.42. The van der Waals surface area contributed by atoms with E-state index in [-0.39, 0.29) is 23.2 Å². The maximum atomic E-state index is 12.2. The second-order valence-corrected chi connectivity index (χ2v) is 6.41. The zero-order valence-corrected chi connectivity index (χ0v) is 13.2. The Hall–Kier alpha value is -1.96. The summed E-state index contributed by atoms with van der Waals surface area (Å²) < 4.78 is 26.8. The Bertz CT molecular complexity index is 746. The zero-order valence-electron chi connectivity index (χ0n) is 11.6. The van der Waals surface area contributed by atoms with Crippen molar-refractivity contribution in [2.45, 2.75) is 11.4 Å². The Morgan fingerprint density at radius 1 is 1.23 bits per heavy atom. The summed E-state index contributed by atoms with van der Waals surface area (Å²) >= 11 is 5.54. The Labute approximate surface area is 134 Å². The van der Waals surface area contributed by atoms with E-state index in [1.165, 1.54) is 12.1 Å². The number of halogens is 1. The lowest BCUT2D eigenvalue weighted by atomic mass is 10.3. The highest BCUT2D eigenvalue weighted by Crippen LogP contribution is 2.16. The third kappa shape index (κ3) is 4.52. The van der Waals surface area contributed by atoms with Gasteiger partial charge in [0.05, 0.1) is 28.7 Å². The number of hydrogen-bond acceptors (Lipinski definition) is 4. The van der Waals surface area contributed by atoms with E-state index in [2.05, 4.69) is 14.7 Å². The number of alkyl halides is 1. The summed E-state index contributed by atoms with van der Waals surface area (Å²) in [7, 11) is -3.61. The molecule has 0 aliphatic carbocycles. The summed E-state index contributed by atoms with van der Waals surface area (Å²) in [6.07, 6.45) is 1.61. The molecule has 3 N–H and O–H groups in total. The lowest BCUT2D eigenvalue weighted by Crippen LogP contribution is -2.23. The molecule has 0 bridgehead atoms. The predicted octanol–water partition coefficient (Wildman–Crippen LogP) is 1.79. The minimum absolute atomic E-state index is 0.117. The van der Waals surface area contributed by atoms with Crippen LogP contribution in [0.5, 0.6) is 0 Å². The van der Waals surface area contributed by atoms with Crippen LogP contribution in [-0.2, 0) is 16.6 Å². The van der Waals surface area contributed by atoms with Gasteiger partial charge in [-0.05, 0) is 36.4 Å². The van der Waals surface area contributed by atoms with Crippen LogP contribution >= 0.6 is 11.6 Å². The smallest absolute Gasteiger partial charge is 0.240 e. The van der Waals surface area contributed by atoms with Crippen LogP contribution in [0.3, 0.4) is 0 Å². The molecule has 6 nitrogen and oxygen atoms in total.